The molecule has 0 aliphatic rings. The van der Waals surface area contributed by atoms with Crippen molar-refractivity contribution < 1.29 is 0 Å². The van der Waals surface area contributed by atoms with Crippen molar-refractivity contribution in [1.82, 2.24) is 0 Å². The van der Waals surface area contributed by atoms with Crippen LogP contribution in [0, 0.1) is 17.2 Å². The first kappa shape index (κ1) is 11.0. The summed E-state index contributed by atoms with van der Waals surface area (Å²) in [6.07, 6.45) is 7.99. The summed E-state index contributed by atoms with van der Waals surface area (Å²) < 4.78 is 0. The monoisotopic (exact) mass is 163 g/mol. The van der Waals surface area contributed by atoms with Crippen LogP contribution in [0.5, 0.6) is 0 Å². The van der Waals surface area contributed by atoms with E-state index in [0.29, 0.717) is 5.92 Å². The molecule has 0 heterocycles. The summed E-state index contributed by atoms with van der Waals surface area (Å²) in [5, 5.41) is 8.28. The lowest BCUT2D eigenvalue weighted by Gasteiger charge is -2.01. The minimum absolute atomic E-state index is 0.514. The molecule has 0 aliphatic carbocycles. The molecule has 0 saturated carbocycles. The molecular formula is C11H17N. The standard InChI is InChI=1S/C11H17N/c1-10(2)6-4-7-11(3)8-5-9-12/h5-6,8,11H,4,7H2,1-3H3. The lowest BCUT2D eigenvalue weighted by atomic mass is 10.0. The highest BCUT2D eigenvalue weighted by Crippen LogP contribution is 2.08. The molecule has 1 nitrogen and oxygen atoms in total. The van der Waals surface area contributed by atoms with E-state index < -0.39 is 0 Å². The third-order valence-corrected chi connectivity index (χ3v) is 1.67. The molecule has 1 heteroatoms. The molecule has 0 bridgehead atoms. The van der Waals surface area contributed by atoms with Gasteiger partial charge in [-0.15, -0.1) is 0 Å². The van der Waals surface area contributed by atoms with Crippen LogP contribution in [0.25, 0.3) is 0 Å². The Morgan fingerprint density at radius 3 is 2.67 bits per heavy atom. The van der Waals surface area contributed by atoms with Crippen LogP contribution in [0.3, 0.4) is 0 Å². The van der Waals surface area contributed by atoms with Gasteiger partial charge in [0.15, 0.2) is 0 Å². The summed E-state index contributed by atoms with van der Waals surface area (Å²) in [4.78, 5) is 0. The van der Waals surface area contributed by atoms with E-state index >= 15 is 0 Å². The van der Waals surface area contributed by atoms with Gasteiger partial charge in [0, 0.05) is 6.08 Å². The van der Waals surface area contributed by atoms with Crippen molar-refractivity contribution in [1.29, 1.82) is 5.26 Å². The highest BCUT2D eigenvalue weighted by molar-refractivity contribution is 5.03. The van der Waals surface area contributed by atoms with Gasteiger partial charge in [-0.25, -0.2) is 0 Å². The topological polar surface area (TPSA) is 23.8 Å². The molecule has 0 amide bonds. The van der Waals surface area contributed by atoms with Crippen LogP contribution in [0.2, 0.25) is 0 Å². The molecule has 66 valence electrons. The molecule has 0 aromatic carbocycles. The van der Waals surface area contributed by atoms with Crippen molar-refractivity contribution in [2.24, 2.45) is 5.92 Å². The van der Waals surface area contributed by atoms with Gasteiger partial charge >= 0.3 is 0 Å². The Balaban J connectivity index is 3.59. The van der Waals surface area contributed by atoms with Crippen LogP contribution < -0.4 is 0 Å². The van der Waals surface area contributed by atoms with Gasteiger partial charge in [-0.05, 0) is 32.6 Å². The van der Waals surface area contributed by atoms with Gasteiger partial charge in [0.2, 0.25) is 0 Å². The molecule has 0 spiro atoms. The number of hydrogen-bond acceptors (Lipinski definition) is 1. The molecule has 0 aliphatic heterocycles. The number of rotatable bonds is 4. The first-order valence-corrected chi connectivity index (χ1v) is 4.36. The summed E-state index contributed by atoms with van der Waals surface area (Å²) in [7, 11) is 0. The summed E-state index contributed by atoms with van der Waals surface area (Å²) in [6, 6.07) is 2.00. The molecule has 0 aromatic rings. The lowest BCUT2D eigenvalue weighted by Crippen LogP contribution is -1.87. The number of hydrogen-bond donors (Lipinski definition) is 0. The van der Waals surface area contributed by atoms with Gasteiger partial charge in [0.1, 0.15) is 0 Å². The first-order valence-electron chi connectivity index (χ1n) is 4.36. The number of allylic oxidation sites excluding steroid dienone is 4. The summed E-state index contributed by atoms with van der Waals surface area (Å²) in [5.74, 6) is 0.514. The van der Waals surface area contributed by atoms with Crippen molar-refractivity contribution in [2.45, 2.75) is 33.6 Å². The first-order chi connectivity index (χ1) is 5.66. The van der Waals surface area contributed by atoms with Crippen molar-refractivity contribution in [3.8, 4) is 6.07 Å². The predicted octanol–water partition coefficient (Wildman–Crippen LogP) is 3.45. The minimum atomic E-state index is 0.514. The highest BCUT2D eigenvalue weighted by Gasteiger charge is 1.93. The van der Waals surface area contributed by atoms with Crippen molar-refractivity contribution in [3.63, 3.8) is 0 Å². The van der Waals surface area contributed by atoms with Crippen LogP contribution in [0.1, 0.15) is 33.6 Å². The highest BCUT2D eigenvalue weighted by atomic mass is 14.2. The van der Waals surface area contributed by atoms with Crippen molar-refractivity contribution in [3.05, 3.63) is 23.8 Å². The van der Waals surface area contributed by atoms with Crippen LogP contribution in [0.15, 0.2) is 23.8 Å². The smallest absolute Gasteiger partial charge is 0.0908 e. The number of nitrogens with zero attached hydrogens (tertiary/aromatic N) is 1. The Morgan fingerprint density at radius 2 is 2.17 bits per heavy atom. The second-order valence-electron chi connectivity index (χ2n) is 3.32. The summed E-state index contributed by atoms with van der Waals surface area (Å²) in [5.41, 5.74) is 1.37. The Morgan fingerprint density at radius 1 is 1.50 bits per heavy atom. The lowest BCUT2D eigenvalue weighted by molar-refractivity contribution is 0.656. The van der Waals surface area contributed by atoms with Gasteiger partial charge in [0.25, 0.3) is 0 Å². The van der Waals surface area contributed by atoms with E-state index in [1.54, 1.807) is 6.08 Å². The Labute approximate surface area is 75.4 Å². The fraction of sp³-hybridized carbons (Fsp3) is 0.545. The van der Waals surface area contributed by atoms with Crippen molar-refractivity contribution >= 4 is 0 Å². The quantitative estimate of drug-likeness (QED) is 0.460. The van der Waals surface area contributed by atoms with E-state index in [-0.39, 0.29) is 0 Å². The van der Waals surface area contributed by atoms with E-state index in [0.717, 1.165) is 12.8 Å². The maximum Gasteiger partial charge on any atom is 0.0908 e. The molecule has 1 atom stereocenters. The zero-order chi connectivity index (χ0) is 9.40. The largest absolute Gasteiger partial charge is 0.193 e. The average Bonchev–Trinajstić information content (AvgIpc) is 2.00. The molecule has 0 radical (unpaired) electrons. The maximum atomic E-state index is 8.28. The summed E-state index contributed by atoms with van der Waals surface area (Å²) in [6.45, 7) is 6.35. The SMILES string of the molecule is CC(C)=CCCC(C)C=CC#N. The third kappa shape index (κ3) is 7.08. The second kappa shape index (κ2) is 6.67. The number of nitriles is 1. The second-order valence-corrected chi connectivity index (χ2v) is 3.32. The Bertz CT molecular complexity index is 202. The normalized spacial score (nSPS) is 12.5. The van der Waals surface area contributed by atoms with Gasteiger partial charge < -0.3 is 0 Å². The van der Waals surface area contributed by atoms with E-state index in [1.807, 2.05) is 12.1 Å². The van der Waals surface area contributed by atoms with E-state index in [9.17, 15) is 0 Å². The molecule has 0 rings (SSSR count). The maximum absolute atomic E-state index is 8.28. The van der Waals surface area contributed by atoms with Crippen LogP contribution in [0.4, 0.5) is 0 Å². The zero-order valence-corrected chi connectivity index (χ0v) is 8.17. The minimum Gasteiger partial charge on any atom is -0.193 e. The summed E-state index contributed by atoms with van der Waals surface area (Å²) >= 11 is 0. The van der Waals surface area contributed by atoms with Gasteiger partial charge in [0.05, 0.1) is 6.07 Å². The molecule has 0 saturated heterocycles. The molecule has 0 aromatic heterocycles. The average molecular weight is 163 g/mol. The zero-order valence-electron chi connectivity index (χ0n) is 8.17. The van der Waals surface area contributed by atoms with Gasteiger partial charge in [-0.3, -0.25) is 0 Å². The predicted molar refractivity (Wildman–Crippen MR) is 52.6 cm³/mol. The van der Waals surface area contributed by atoms with E-state index in [1.165, 1.54) is 5.57 Å². The molecule has 0 fully saturated rings. The fourth-order valence-electron chi connectivity index (χ4n) is 0.938. The molecule has 1 unspecified atom stereocenters. The third-order valence-electron chi connectivity index (χ3n) is 1.67. The van der Waals surface area contributed by atoms with Gasteiger partial charge in [-0.2, -0.15) is 5.26 Å². The van der Waals surface area contributed by atoms with Crippen molar-refractivity contribution in [2.75, 3.05) is 0 Å². The van der Waals surface area contributed by atoms with E-state index in [2.05, 4.69) is 26.8 Å². The molecule has 12 heavy (non-hydrogen) atoms. The van der Waals surface area contributed by atoms with E-state index in [4.69, 9.17) is 5.26 Å². The van der Waals surface area contributed by atoms with Crippen LogP contribution in [-0.4, -0.2) is 0 Å². The Kier molecular flexibility index (Phi) is 6.09. The fourth-order valence-corrected chi connectivity index (χ4v) is 0.938. The Hall–Kier alpha value is -1.03. The molecule has 0 N–H and O–H groups in total. The molecular weight excluding hydrogens is 146 g/mol. The van der Waals surface area contributed by atoms with Gasteiger partial charge in [-0.1, -0.05) is 24.6 Å². The van der Waals surface area contributed by atoms with Crippen LogP contribution in [-0.2, 0) is 0 Å². The van der Waals surface area contributed by atoms with Crippen LogP contribution >= 0.6 is 0 Å².